The topological polar surface area (TPSA) is 76.9 Å². The lowest BCUT2D eigenvalue weighted by Gasteiger charge is -2.09. The number of nitrogens with one attached hydrogen (secondary N) is 1. The number of benzene rings is 1. The van der Waals surface area contributed by atoms with E-state index >= 15 is 0 Å². The fraction of sp³-hybridized carbons (Fsp3) is 0.158. The van der Waals surface area contributed by atoms with E-state index in [0.29, 0.717) is 11.4 Å². The van der Waals surface area contributed by atoms with E-state index in [9.17, 15) is 9.59 Å². The molecule has 0 bridgehead atoms. The van der Waals surface area contributed by atoms with Gasteiger partial charge < -0.3 is 5.32 Å². The van der Waals surface area contributed by atoms with E-state index in [1.807, 2.05) is 38.1 Å². The Balaban J connectivity index is 1.79. The summed E-state index contributed by atoms with van der Waals surface area (Å²) in [6.07, 6.45) is 3.32. The molecule has 2 heterocycles. The smallest absolute Gasteiger partial charge is 0.267 e. The van der Waals surface area contributed by atoms with Crippen molar-refractivity contribution in [3.8, 4) is 11.3 Å². The molecule has 0 atom stereocenters. The number of nitrogens with zero attached hydrogens (tertiary/aromatic N) is 3. The van der Waals surface area contributed by atoms with Crippen LogP contribution >= 0.6 is 0 Å². The molecular weight excluding hydrogens is 316 g/mol. The number of carbonyl (C=O) groups is 1. The lowest BCUT2D eigenvalue weighted by atomic mass is 10.1. The average Bonchev–Trinajstić information content (AvgIpc) is 2.61. The highest BCUT2D eigenvalue weighted by Gasteiger charge is 2.09. The highest BCUT2D eigenvalue weighted by molar-refractivity contribution is 5.90. The molecule has 0 aliphatic rings. The maximum Gasteiger partial charge on any atom is 0.267 e. The first kappa shape index (κ1) is 16.6. The van der Waals surface area contributed by atoms with E-state index in [0.717, 1.165) is 21.4 Å². The van der Waals surface area contributed by atoms with Crippen molar-refractivity contribution in [2.75, 3.05) is 5.32 Å². The van der Waals surface area contributed by atoms with Crippen LogP contribution in [0.25, 0.3) is 11.3 Å². The Bertz CT molecular complexity index is 965. The molecule has 0 unspecified atom stereocenters. The van der Waals surface area contributed by atoms with E-state index in [2.05, 4.69) is 15.4 Å². The van der Waals surface area contributed by atoms with Gasteiger partial charge >= 0.3 is 0 Å². The van der Waals surface area contributed by atoms with Gasteiger partial charge in [-0.15, -0.1) is 0 Å². The Morgan fingerprint density at radius 1 is 1.12 bits per heavy atom. The van der Waals surface area contributed by atoms with Gasteiger partial charge in [0.1, 0.15) is 6.54 Å². The Hall–Kier alpha value is -3.28. The van der Waals surface area contributed by atoms with Gasteiger partial charge in [-0.05, 0) is 55.3 Å². The molecule has 6 heteroatoms. The van der Waals surface area contributed by atoms with Crippen LogP contribution < -0.4 is 10.9 Å². The lowest BCUT2D eigenvalue weighted by Crippen LogP contribution is -2.29. The summed E-state index contributed by atoms with van der Waals surface area (Å²) in [5.41, 5.74) is 3.98. The maximum absolute atomic E-state index is 12.3. The summed E-state index contributed by atoms with van der Waals surface area (Å²) in [6.45, 7) is 3.84. The standard InChI is InChI=1S/C19H18N4O2/c1-13-5-6-16(10-14(13)2)21-18(24)12-23-19(25)8-7-17(22-23)15-4-3-9-20-11-15/h3-11H,12H2,1-2H3,(H,21,24). The molecule has 25 heavy (non-hydrogen) atoms. The summed E-state index contributed by atoms with van der Waals surface area (Å²) in [6, 6.07) is 12.3. The van der Waals surface area contributed by atoms with Crippen molar-refractivity contribution in [1.29, 1.82) is 0 Å². The zero-order chi connectivity index (χ0) is 17.8. The van der Waals surface area contributed by atoms with Crippen molar-refractivity contribution in [3.05, 3.63) is 76.3 Å². The van der Waals surface area contributed by atoms with Crippen molar-refractivity contribution in [2.45, 2.75) is 20.4 Å². The number of carbonyl (C=O) groups excluding carboxylic acids is 1. The molecule has 0 aliphatic heterocycles. The van der Waals surface area contributed by atoms with Crippen molar-refractivity contribution >= 4 is 11.6 Å². The second kappa shape index (κ2) is 7.09. The summed E-state index contributed by atoms with van der Waals surface area (Å²) < 4.78 is 1.15. The van der Waals surface area contributed by atoms with Crippen LogP contribution in [0.4, 0.5) is 5.69 Å². The third kappa shape index (κ3) is 3.98. The third-order valence-corrected chi connectivity index (χ3v) is 3.91. The molecule has 6 nitrogen and oxygen atoms in total. The van der Waals surface area contributed by atoms with Crippen molar-refractivity contribution < 1.29 is 4.79 Å². The van der Waals surface area contributed by atoms with Gasteiger partial charge in [0.15, 0.2) is 0 Å². The molecule has 2 aromatic heterocycles. The minimum atomic E-state index is -0.331. The molecule has 0 fully saturated rings. The van der Waals surface area contributed by atoms with E-state index < -0.39 is 0 Å². The molecule has 1 aromatic carbocycles. The fourth-order valence-corrected chi connectivity index (χ4v) is 2.39. The molecule has 1 N–H and O–H groups in total. The van der Waals surface area contributed by atoms with Gasteiger partial charge in [0.2, 0.25) is 5.91 Å². The number of hydrogen-bond acceptors (Lipinski definition) is 4. The van der Waals surface area contributed by atoms with Crippen LogP contribution in [-0.4, -0.2) is 20.7 Å². The molecule has 0 spiro atoms. The second-order valence-corrected chi connectivity index (χ2v) is 5.80. The number of aromatic nitrogens is 3. The Kier molecular flexibility index (Phi) is 4.70. The summed E-state index contributed by atoms with van der Waals surface area (Å²) in [5, 5.41) is 7.05. The fourth-order valence-electron chi connectivity index (χ4n) is 2.39. The normalized spacial score (nSPS) is 10.5. The Labute approximate surface area is 145 Å². The van der Waals surface area contributed by atoms with Gasteiger partial charge in [-0.25, -0.2) is 4.68 Å². The minimum Gasteiger partial charge on any atom is -0.324 e. The summed E-state index contributed by atoms with van der Waals surface area (Å²) in [4.78, 5) is 28.3. The van der Waals surface area contributed by atoms with Crippen molar-refractivity contribution in [3.63, 3.8) is 0 Å². The van der Waals surface area contributed by atoms with E-state index in [1.165, 1.54) is 6.07 Å². The predicted octanol–water partition coefficient (Wildman–Crippen LogP) is 2.56. The van der Waals surface area contributed by atoms with Crippen LogP contribution in [0.3, 0.4) is 0 Å². The molecule has 0 saturated carbocycles. The average molecular weight is 334 g/mol. The van der Waals surface area contributed by atoms with Crippen LogP contribution in [0.15, 0.2) is 59.7 Å². The first-order chi connectivity index (χ1) is 12.0. The lowest BCUT2D eigenvalue weighted by molar-refractivity contribution is -0.117. The molecule has 0 saturated heterocycles. The summed E-state index contributed by atoms with van der Waals surface area (Å²) in [7, 11) is 0. The maximum atomic E-state index is 12.3. The largest absolute Gasteiger partial charge is 0.324 e. The van der Waals surface area contributed by atoms with Gasteiger partial charge in [-0.2, -0.15) is 5.10 Å². The zero-order valence-corrected chi connectivity index (χ0v) is 14.1. The number of aryl methyl sites for hydroxylation is 2. The van der Waals surface area contributed by atoms with Gasteiger partial charge in [-0.1, -0.05) is 6.07 Å². The highest BCUT2D eigenvalue weighted by atomic mass is 16.2. The molecule has 0 radical (unpaired) electrons. The Morgan fingerprint density at radius 2 is 1.96 bits per heavy atom. The van der Waals surface area contributed by atoms with Crippen LogP contribution in [0.5, 0.6) is 0 Å². The number of hydrogen-bond donors (Lipinski definition) is 1. The van der Waals surface area contributed by atoms with Crippen LogP contribution in [0.1, 0.15) is 11.1 Å². The minimum absolute atomic E-state index is 0.153. The van der Waals surface area contributed by atoms with Crippen LogP contribution in [0.2, 0.25) is 0 Å². The number of pyridine rings is 1. The zero-order valence-electron chi connectivity index (χ0n) is 14.1. The van der Waals surface area contributed by atoms with E-state index in [1.54, 1.807) is 24.5 Å². The molecular formula is C19H18N4O2. The highest BCUT2D eigenvalue weighted by Crippen LogP contribution is 2.15. The van der Waals surface area contributed by atoms with Gasteiger partial charge in [0.05, 0.1) is 5.69 Å². The third-order valence-electron chi connectivity index (χ3n) is 3.91. The monoisotopic (exact) mass is 334 g/mol. The first-order valence-electron chi connectivity index (χ1n) is 7.88. The number of amides is 1. The summed E-state index contributed by atoms with van der Waals surface area (Å²) >= 11 is 0. The van der Waals surface area contributed by atoms with E-state index in [4.69, 9.17) is 0 Å². The molecule has 3 aromatic rings. The predicted molar refractivity (Wildman–Crippen MR) is 96.3 cm³/mol. The second-order valence-electron chi connectivity index (χ2n) is 5.80. The number of rotatable bonds is 4. The van der Waals surface area contributed by atoms with Gasteiger partial charge in [0, 0.05) is 29.7 Å². The van der Waals surface area contributed by atoms with Crippen molar-refractivity contribution in [1.82, 2.24) is 14.8 Å². The Morgan fingerprint density at radius 3 is 2.68 bits per heavy atom. The first-order valence-corrected chi connectivity index (χ1v) is 7.88. The van der Waals surface area contributed by atoms with Crippen LogP contribution in [0, 0.1) is 13.8 Å². The van der Waals surface area contributed by atoms with Gasteiger partial charge in [-0.3, -0.25) is 14.6 Å². The summed E-state index contributed by atoms with van der Waals surface area (Å²) in [5.74, 6) is -0.304. The van der Waals surface area contributed by atoms with E-state index in [-0.39, 0.29) is 18.0 Å². The molecule has 0 aliphatic carbocycles. The SMILES string of the molecule is Cc1ccc(NC(=O)Cn2nc(-c3cccnc3)ccc2=O)cc1C. The number of anilines is 1. The van der Waals surface area contributed by atoms with Crippen molar-refractivity contribution in [2.24, 2.45) is 0 Å². The molecule has 126 valence electrons. The molecule has 3 rings (SSSR count). The van der Waals surface area contributed by atoms with Gasteiger partial charge in [0.25, 0.3) is 5.56 Å². The molecule has 1 amide bonds. The van der Waals surface area contributed by atoms with Crippen LogP contribution in [-0.2, 0) is 11.3 Å². The quantitative estimate of drug-likeness (QED) is 0.795.